The second-order valence-corrected chi connectivity index (χ2v) is 5.20. The van der Waals surface area contributed by atoms with E-state index in [1.807, 2.05) is 6.92 Å². The van der Waals surface area contributed by atoms with Crippen molar-refractivity contribution in [2.75, 3.05) is 6.54 Å². The Morgan fingerprint density at radius 2 is 2.22 bits per heavy atom. The zero-order chi connectivity index (χ0) is 13.3. The van der Waals surface area contributed by atoms with E-state index in [0.29, 0.717) is 28.7 Å². The monoisotopic (exact) mass is 312 g/mol. The van der Waals surface area contributed by atoms with Gasteiger partial charge in [-0.05, 0) is 12.5 Å². The number of halogens is 1. The molecule has 0 saturated carbocycles. The first-order valence-corrected chi connectivity index (χ1v) is 6.60. The lowest BCUT2D eigenvalue weighted by molar-refractivity contribution is -0.385. The lowest BCUT2D eigenvalue weighted by atomic mass is 10.1. The molecule has 0 atom stereocenters. The molecule has 1 heterocycles. The second kappa shape index (κ2) is 5.06. The minimum absolute atomic E-state index is 0.0201. The van der Waals surface area contributed by atoms with Gasteiger partial charge < -0.3 is 4.90 Å². The second-order valence-electron chi connectivity index (χ2n) is 4.29. The molecule has 0 N–H and O–H groups in total. The number of nitro groups is 1. The third-order valence-electron chi connectivity index (χ3n) is 3.04. The van der Waals surface area contributed by atoms with Crippen molar-refractivity contribution in [2.45, 2.75) is 26.3 Å². The number of nitro benzene ring substituents is 1. The van der Waals surface area contributed by atoms with Gasteiger partial charge in [-0.15, -0.1) is 0 Å². The fourth-order valence-corrected chi connectivity index (χ4v) is 2.55. The number of rotatable bonds is 4. The van der Waals surface area contributed by atoms with Gasteiger partial charge >= 0.3 is 0 Å². The molecule has 0 unspecified atom stereocenters. The van der Waals surface area contributed by atoms with Crippen molar-refractivity contribution in [3.8, 4) is 0 Å². The molecule has 5 nitrogen and oxygen atoms in total. The highest BCUT2D eigenvalue weighted by molar-refractivity contribution is 9.10. The van der Waals surface area contributed by atoms with Crippen LogP contribution in [-0.4, -0.2) is 22.3 Å². The van der Waals surface area contributed by atoms with Gasteiger partial charge in [0, 0.05) is 17.1 Å². The first-order chi connectivity index (χ1) is 8.54. The number of carbonyl (C=O) groups excluding carboxylic acids is 1. The van der Waals surface area contributed by atoms with E-state index < -0.39 is 4.92 Å². The Bertz CT molecular complexity index is 516. The molecular formula is C12H13BrN2O3. The number of nitrogens with zero attached hydrogens (tertiary/aromatic N) is 2. The topological polar surface area (TPSA) is 63.4 Å². The Morgan fingerprint density at radius 1 is 1.50 bits per heavy atom. The van der Waals surface area contributed by atoms with Gasteiger partial charge in [-0.3, -0.25) is 14.9 Å². The molecule has 6 heteroatoms. The van der Waals surface area contributed by atoms with E-state index in [1.54, 1.807) is 11.0 Å². The molecule has 1 aromatic rings. The summed E-state index contributed by atoms with van der Waals surface area (Å²) >= 11 is 3.21. The number of amides is 1. The van der Waals surface area contributed by atoms with Crippen LogP contribution < -0.4 is 0 Å². The molecule has 0 saturated heterocycles. The van der Waals surface area contributed by atoms with Gasteiger partial charge in [0.15, 0.2) is 0 Å². The summed E-state index contributed by atoms with van der Waals surface area (Å²) in [5.41, 5.74) is 1.00. The van der Waals surface area contributed by atoms with Crippen LogP contribution in [0.3, 0.4) is 0 Å². The van der Waals surface area contributed by atoms with Crippen LogP contribution in [0.2, 0.25) is 0 Å². The summed E-state index contributed by atoms with van der Waals surface area (Å²) in [7, 11) is 0. The van der Waals surface area contributed by atoms with Gasteiger partial charge in [-0.1, -0.05) is 29.3 Å². The van der Waals surface area contributed by atoms with Crippen LogP contribution in [0, 0.1) is 10.1 Å². The van der Waals surface area contributed by atoms with Crippen molar-refractivity contribution in [1.29, 1.82) is 0 Å². The third kappa shape index (κ3) is 2.25. The summed E-state index contributed by atoms with van der Waals surface area (Å²) in [4.78, 5) is 24.4. The number of hydrogen-bond donors (Lipinski definition) is 0. The molecule has 1 amide bonds. The number of hydrogen-bond acceptors (Lipinski definition) is 3. The molecule has 1 aliphatic heterocycles. The highest BCUT2D eigenvalue weighted by atomic mass is 79.9. The van der Waals surface area contributed by atoms with Crippen LogP contribution in [0.5, 0.6) is 0 Å². The highest BCUT2D eigenvalue weighted by Crippen LogP contribution is 2.34. The van der Waals surface area contributed by atoms with Gasteiger partial charge in [0.2, 0.25) is 0 Å². The summed E-state index contributed by atoms with van der Waals surface area (Å²) in [6, 6.07) is 3.12. The van der Waals surface area contributed by atoms with Crippen molar-refractivity contribution in [1.82, 2.24) is 4.90 Å². The maximum Gasteiger partial charge on any atom is 0.276 e. The van der Waals surface area contributed by atoms with Gasteiger partial charge in [0.1, 0.15) is 0 Å². The quantitative estimate of drug-likeness (QED) is 0.634. The molecule has 0 fully saturated rings. The number of carbonyl (C=O) groups is 1. The molecule has 0 aromatic heterocycles. The van der Waals surface area contributed by atoms with Gasteiger partial charge in [0.25, 0.3) is 11.6 Å². The molecular weight excluding hydrogens is 300 g/mol. The summed E-state index contributed by atoms with van der Waals surface area (Å²) in [6.07, 6.45) is 1.90. The van der Waals surface area contributed by atoms with Crippen molar-refractivity contribution in [2.24, 2.45) is 0 Å². The lowest BCUT2D eigenvalue weighted by Gasteiger charge is -2.14. The average molecular weight is 313 g/mol. The Kier molecular flexibility index (Phi) is 3.65. The van der Waals surface area contributed by atoms with E-state index in [-0.39, 0.29) is 11.6 Å². The molecule has 1 aliphatic rings. The van der Waals surface area contributed by atoms with Crippen LogP contribution >= 0.6 is 15.9 Å². The van der Waals surface area contributed by atoms with Crippen molar-refractivity contribution in [3.63, 3.8) is 0 Å². The number of benzene rings is 1. The molecule has 0 spiro atoms. The largest absolute Gasteiger partial charge is 0.334 e. The van der Waals surface area contributed by atoms with Crippen molar-refractivity contribution in [3.05, 3.63) is 37.8 Å². The van der Waals surface area contributed by atoms with Crippen LogP contribution in [0.4, 0.5) is 5.69 Å². The highest BCUT2D eigenvalue weighted by Gasteiger charge is 2.33. The zero-order valence-electron chi connectivity index (χ0n) is 9.98. The Labute approximate surface area is 113 Å². The summed E-state index contributed by atoms with van der Waals surface area (Å²) < 4.78 is 0.568. The predicted octanol–water partition coefficient (Wildman–Crippen LogP) is 3.11. The van der Waals surface area contributed by atoms with E-state index >= 15 is 0 Å². The van der Waals surface area contributed by atoms with E-state index in [2.05, 4.69) is 15.9 Å². The summed E-state index contributed by atoms with van der Waals surface area (Å²) in [5.74, 6) is -0.108. The van der Waals surface area contributed by atoms with E-state index in [9.17, 15) is 14.9 Å². The van der Waals surface area contributed by atoms with Gasteiger partial charge in [-0.25, -0.2) is 0 Å². The third-order valence-corrected chi connectivity index (χ3v) is 3.49. The molecule has 0 bridgehead atoms. The van der Waals surface area contributed by atoms with Gasteiger partial charge in [0.05, 0.1) is 22.6 Å². The standard InChI is InChI=1S/C12H13BrN2O3/c1-2-3-4-14-7-10-9(12(14)16)5-8(13)6-11(10)15(17)18/h5-6H,2-4,7H2,1H3. The Hall–Kier alpha value is -1.43. The average Bonchev–Trinajstić information content (AvgIpc) is 2.63. The van der Waals surface area contributed by atoms with Gasteiger partial charge in [-0.2, -0.15) is 0 Å². The van der Waals surface area contributed by atoms with Crippen molar-refractivity contribution < 1.29 is 9.72 Å². The number of unbranched alkanes of at least 4 members (excludes halogenated alkanes) is 1. The molecule has 1 aromatic carbocycles. The van der Waals surface area contributed by atoms with E-state index in [4.69, 9.17) is 0 Å². The first-order valence-electron chi connectivity index (χ1n) is 5.80. The summed E-state index contributed by atoms with van der Waals surface area (Å²) in [5, 5.41) is 11.0. The van der Waals surface area contributed by atoms with Crippen molar-refractivity contribution >= 4 is 27.5 Å². The fraction of sp³-hybridized carbons (Fsp3) is 0.417. The molecule has 0 aliphatic carbocycles. The predicted molar refractivity (Wildman–Crippen MR) is 70.4 cm³/mol. The minimum Gasteiger partial charge on any atom is -0.334 e. The smallest absolute Gasteiger partial charge is 0.276 e. The fourth-order valence-electron chi connectivity index (χ4n) is 2.10. The van der Waals surface area contributed by atoms with Crippen LogP contribution in [0.1, 0.15) is 35.7 Å². The van der Waals surface area contributed by atoms with E-state index in [1.165, 1.54) is 6.07 Å². The maximum absolute atomic E-state index is 12.1. The molecule has 18 heavy (non-hydrogen) atoms. The van der Waals surface area contributed by atoms with Crippen LogP contribution in [0.15, 0.2) is 16.6 Å². The maximum atomic E-state index is 12.1. The summed E-state index contributed by atoms with van der Waals surface area (Å²) in [6.45, 7) is 3.04. The molecule has 0 radical (unpaired) electrons. The molecule has 2 rings (SSSR count). The SMILES string of the molecule is CCCCN1Cc2c(cc(Br)cc2[N+](=O)[O-])C1=O. The van der Waals surface area contributed by atoms with Crippen LogP contribution in [-0.2, 0) is 6.54 Å². The zero-order valence-corrected chi connectivity index (χ0v) is 11.6. The Balaban J connectivity index is 2.38. The Morgan fingerprint density at radius 3 is 2.83 bits per heavy atom. The molecule has 96 valence electrons. The normalized spacial score (nSPS) is 13.9. The lowest BCUT2D eigenvalue weighted by Crippen LogP contribution is -2.24. The van der Waals surface area contributed by atoms with E-state index in [0.717, 1.165) is 12.8 Å². The number of fused-ring (bicyclic) bond motifs is 1. The van der Waals surface area contributed by atoms with Crippen LogP contribution in [0.25, 0.3) is 0 Å². The first kappa shape index (κ1) is 13.0. The minimum atomic E-state index is -0.430.